The van der Waals surface area contributed by atoms with Crippen LogP contribution in [0.25, 0.3) is 11.0 Å². The third-order valence-electron chi connectivity index (χ3n) is 6.53. The van der Waals surface area contributed by atoms with Crippen molar-refractivity contribution in [1.29, 1.82) is 0 Å². The van der Waals surface area contributed by atoms with Gasteiger partial charge in [0.15, 0.2) is 11.6 Å². The number of aromatic nitrogens is 1. The molecule has 4 rings (SSSR count). The Kier molecular flexibility index (Phi) is 6.51. The van der Waals surface area contributed by atoms with Gasteiger partial charge >= 0.3 is 0 Å². The van der Waals surface area contributed by atoms with Gasteiger partial charge < -0.3 is 14.7 Å². The number of piperazine rings is 1. The Morgan fingerprint density at radius 1 is 1.17 bits per heavy atom. The third-order valence-corrected chi connectivity index (χ3v) is 6.53. The van der Waals surface area contributed by atoms with E-state index >= 15 is 0 Å². The summed E-state index contributed by atoms with van der Waals surface area (Å²) in [5.41, 5.74) is 0.0135. The van der Waals surface area contributed by atoms with Crippen LogP contribution in [0.15, 0.2) is 16.7 Å². The van der Waals surface area contributed by atoms with Crippen molar-refractivity contribution in [3.05, 3.63) is 23.8 Å². The molecule has 0 spiro atoms. The number of nitrogens with one attached hydrogen (secondary N) is 1. The fourth-order valence-corrected chi connectivity index (χ4v) is 4.66. The molecule has 0 atom stereocenters. The number of carbonyl (C=O) groups is 1. The maximum atomic E-state index is 13.9. The van der Waals surface area contributed by atoms with Gasteiger partial charge in [0.05, 0.1) is 5.39 Å². The molecule has 30 heavy (non-hydrogen) atoms. The Labute approximate surface area is 175 Å². The normalized spacial score (nSPS) is 23.1. The molecule has 1 saturated heterocycles. The second-order valence-corrected chi connectivity index (χ2v) is 8.53. The number of hydrogen-bond acceptors (Lipinski definition) is 5. The number of benzene rings is 1. The molecule has 1 amide bonds. The van der Waals surface area contributed by atoms with E-state index in [4.69, 9.17) is 4.52 Å². The van der Waals surface area contributed by atoms with Gasteiger partial charge in [0.25, 0.3) is 0 Å². The molecule has 1 aromatic carbocycles. The molecule has 1 aliphatic carbocycles. The maximum Gasteiger partial charge on any atom is 0.219 e. The van der Waals surface area contributed by atoms with Crippen molar-refractivity contribution in [3.63, 3.8) is 0 Å². The molecule has 1 N–H and O–H groups in total. The smallest absolute Gasteiger partial charge is 0.219 e. The van der Waals surface area contributed by atoms with Crippen LogP contribution in [-0.2, 0) is 4.79 Å². The summed E-state index contributed by atoms with van der Waals surface area (Å²) in [7, 11) is 0. The van der Waals surface area contributed by atoms with Crippen LogP contribution >= 0.6 is 0 Å². The quantitative estimate of drug-likeness (QED) is 0.772. The van der Waals surface area contributed by atoms with Crippen molar-refractivity contribution >= 4 is 22.7 Å². The minimum atomic E-state index is -0.716. The summed E-state index contributed by atoms with van der Waals surface area (Å²) < 4.78 is 32.6. The number of halogens is 2. The first-order chi connectivity index (χ1) is 14.5. The van der Waals surface area contributed by atoms with Gasteiger partial charge in [-0.15, -0.1) is 0 Å². The Morgan fingerprint density at radius 2 is 1.90 bits per heavy atom. The van der Waals surface area contributed by atoms with E-state index in [1.54, 1.807) is 0 Å². The number of hydrogen-bond donors (Lipinski definition) is 1. The Balaban J connectivity index is 1.23. The number of rotatable bonds is 6. The molecule has 164 valence electrons. The highest BCUT2D eigenvalue weighted by atomic mass is 19.1. The second-order valence-electron chi connectivity index (χ2n) is 8.53. The number of carbonyl (C=O) groups excluding carboxylic acids is 1. The largest absolute Gasteiger partial charge is 0.353 e. The Morgan fingerprint density at radius 3 is 2.60 bits per heavy atom. The van der Waals surface area contributed by atoms with Gasteiger partial charge in [0.2, 0.25) is 11.5 Å². The average Bonchev–Trinajstić information content (AvgIpc) is 3.17. The highest BCUT2D eigenvalue weighted by molar-refractivity contribution is 5.89. The first-order valence-corrected chi connectivity index (χ1v) is 11.0. The lowest BCUT2D eigenvalue weighted by atomic mass is 9.84. The standard InChI is InChI=1S/C22H30F2N4O2/c1-2-20(29)25-17-5-3-15(4-6-17)7-8-27-9-11-28(12-10-27)22-18-13-16(23)14-19(24)21(18)30-26-22/h13-15,17H,2-12H2,1H3,(H,25,29). The zero-order chi connectivity index (χ0) is 21.1. The summed E-state index contributed by atoms with van der Waals surface area (Å²) in [4.78, 5) is 16.0. The predicted molar refractivity (Wildman–Crippen MR) is 111 cm³/mol. The van der Waals surface area contributed by atoms with E-state index in [0.717, 1.165) is 57.5 Å². The van der Waals surface area contributed by atoms with Crippen molar-refractivity contribution in [2.45, 2.75) is 51.5 Å². The summed E-state index contributed by atoms with van der Waals surface area (Å²) in [5, 5.41) is 7.51. The van der Waals surface area contributed by atoms with E-state index < -0.39 is 11.6 Å². The maximum absolute atomic E-state index is 13.9. The Bertz CT molecular complexity index is 871. The van der Waals surface area contributed by atoms with Gasteiger partial charge in [0, 0.05) is 44.7 Å². The number of anilines is 1. The topological polar surface area (TPSA) is 61.6 Å². The van der Waals surface area contributed by atoms with E-state index in [0.29, 0.717) is 23.7 Å². The van der Waals surface area contributed by atoms with Crippen LogP contribution < -0.4 is 10.2 Å². The van der Waals surface area contributed by atoms with E-state index in [2.05, 4.69) is 15.4 Å². The molecular weight excluding hydrogens is 390 g/mol. The molecule has 1 aliphatic heterocycles. The van der Waals surface area contributed by atoms with E-state index in [-0.39, 0.29) is 11.5 Å². The lowest BCUT2D eigenvalue weighted by Crippen LogP contribution is -2.47. The molecule has 1 saturated carbocycles. The van der Waals surface area contributed by atoms with Gasteiger partial charge in [-0.25, -0.2) is 8.78 Å². The van der Waals surface area contributed by atoms with Gasteiger partial charge in [-0.3, -0.25) is 9.69 Å². The monoisotopic (exact) mass is 420 g/mol. The molecule has 2 heterocycles. The highest BCUT2D eigenvalue weighted by Crippen LogP contribution is 2.30. The fraction of sp³-hybridized carbons (Fsp3) is 0.636. The van der Waals surface area contributed by atoms with Crippen molar-refractivity contribution in [2.75, 3.05) is 37.6 Å². The predicted octanol–water partition coefficient (Wildman–Crippen LogP) is 3.70. The minimum Gasteiger partial charge on any atom is -0.353 e. The van der Waals surface area contributed by atoms with E-state index in [1.807, 2.05) is 11.8 Å². The Hall–Kier alpha value is -2.22. The zero-order valence-corrected chi connectivity index (χ0v) is 17.5. The molecule has 2 aromatic rings. The molecule has 0 bridgehead atoms. The SMILES string of the molecule is CCC(=O)NC1CCC(CCN2CCN(c3noc4c(F)cc(F)cc34)CC2)CC1. The molecule has 1 aromatic heterocycles. The van der Waals surface area contributed by atoms with Crippen molar-refractivity contribution in [2.24, 2.45) is 5.92 Å². The van der Waals surface area contributed by atoms with Crippen LogP contribution in [0.2, 0.25) is 0 Å². The minimum absolute atomic E-state index is 0.0135. The van der Waals surface area contributed by atoms with Gasteiger partial charge in [-0.2, -0.15) is 0 Å². The first-order valence-electron chi connectivity index (χ1n) is 11.0. The van der Waals surface area contributed by atoms with Crippen LogP contribution in [0.3, 0.4) is 0 Å². The zero-order valence-electron chi connectivity index (χ0n) is 17.5. The van der Waals surface area contributed by atoms with E-state index in [9.17, 15) is 13.6 Å². The van der Waals surface area contributed by atoms with Crippen LogP contribution in [0, 0.1) is 17.6 Å². The molecule has 2 aliphatic rings. The summed E-state index contributed by atoms with van der Waals surface area (Å²) in [6.45, 7) is 6.27. The summed E-state index contributed by atoms with van der Waals surface area (Å²) >= 11 is 0. The van der Waals surface area contributed by atoms with Crippen LogP contribution in [-0.4, -0.2) is 54.7 Å². The highest BCUT2D eigenvalue weighted by Gasteiger charge is 2.25. The lowest BCUT2D eigenvalue weighted by molar-refractivity contribution is -0.121. The van der Waals surface area contributed by atoms with Crippen LogP contribution in [0.4, 0.5) is 14.6 Å². The number of amides is 1. The molecule has 6 nitrogen and oxygen atoms in total. The summed E-state index contributed by atoms with van der Waals surface area (Å²) in [6, 6.07) is 2.46. The van der Waals surface area contributed by atoms with Crippen LogP contribution in [0.1, 0.15) is 45.4 Å². The van der Waals surface area contributed by atoms with Gasteiger partial charge in [0.1, 0.15) is 5.82 Å². The molecular formula is C22H30F2N4O2. The lowest BCUT2D eigenvalue weighted by Gasteiger charge is -2.36. The van der Waals surface area contributed by atoms with Crippen molar-refractivity contribution in [1.82, 2.24) is 15.4 Å². The molecule has 0 unspecified atom stereocenters. The molecule has 8 heteroatoms. The van der Waals surface area contributed by atoms with E-state index in [1.165, 1.54) is 25.3 Å². The van der Waals surface area contributed by atoms with Crippen LogP contribution in [0.5, 0.6) is 0 Å². The van der Waals surface area contributed by atoms with Gasteiger partial charge in [-0.05, 0) is 50.6 Å². The summed E-state index contributed by atoms with van der Waals surface area (Å²) in [6.07, 6.45) is 6.25. The van der Waals surface area contributed by atoms with Crippen molar-refractivity contribution < 1.29 is 18.1 Å². The fourth-order valence-electron chi connectivity index (χ4n) is 4.66. The summed E-state index contributed by atoms with van der Waals surface area (Å²) in [5.74, 6) is 0.0684. The molecule has 0 radical (unpaired) electrons. The third kappa shape index (κ3) is 4.74. The second kappa shape index (κ2) is 9.29. The number of nitrogens with zero attached hydrogens (tertiary/aromatic N) is 3. The number of fused-ring (bicyclic) bond motifs is 1. The molecule has 2 fully saturated rings. The first kappa shape index (κ1) is 21.0. The van der Waals surface area contributed by atoms with Crippen molar-refractivity contribution in [3.8, 4) is 0 Å². The van der Waals surface area contributed by atoms with Gasteiger partial charge in [-0.1, -0.05) is 12.1 Å². The average molecular weight is 421 g/mol.